The molecule has 7 heteroatoms. The van der Waals surface area contributed by atoms with Crippen LogP contribution < -0.4 is 15.7 Å². The Morgan fingerprint density at radius 2 is 1.77 bits per heavy atom. The zero-order chi connectivity index (χ0) is 21.1. The summed E-state index contributed by atoms with van der Waals surface area (Å²) in [6.45, 7) is 0. The first-order valence-electron chi connectivity index (χ1n) is 9.87. The Morgan fingerprint density at radius 1 is 1.00 bits per heavy atom. The van der Waals surface area contributed by atoms with Crippen molar-refractivity contribution >= 4 is 34.4 Å². The Kier molecular flexibility index (Phi) is 5.86. The number of benzene rings is 2. The van der Waals surface area contributed by atoms with Gasteiger partial charge in [-0.15, -0.1) is 0 Å². The maximum atomic E-state index is 12.5. The molecule has 1 heterocycles. The molecule has 2 aromatic carbocycles. The van der Waals surface area contributed by atoms with Crippen LogP contribution in [0.3, 0.4) is 0 Å². The van der Waals surface area contributed by atoms with Crippen LogP contribution in [0.5, 0.6) is 5.75 Å². The van der Waals surface area contributed by atoms with Gasteiger partial charge in [-0.1, -0.05) is 43.0 Å². The average Bonchev–Trinajstić information content (AvgIpc) is 2.74. The van der Waals surface area contributed by atoms with Crippen molar-refractivity contribution in [3.05, 3.63) is 75.1 Å². The first-order valence-corrected chi connectivity index (χ1v) is 10.2. The second-order valence-electron chi connectivity index (χ2n) is 7.32. The summed E-state index contributed by atoms with van der Waals surface area (Å²) in [5.41, 5.74) is -0.312. The fourth-order valence-electron chi connectivity index (χ4n) is 3.61. The zero-order valence-corrected chi connectivity index (χ0v) is 16.9. The third kappa shape index (κ3) is 4.39. The summed E-state index contributed by atoms with van der Waals surface area (Å²) in [6.07, 6.45) is 5.17. The maximum absolute atomic E-state index is 12.5. The van der Waals surface area contributed by atoms with Gasteiger partial charge in [-0.25, -0.2) is 9.59 Å². The topological polar surface area (TPSA) is 85.6 Å². The molecule has 30 heavy (non-hydrogen) atoms. The molecular formula is C23H20ClNO5. The van der Waals surface area contributed by atoms with Crippen LogP contribution in [0.2, 0.25) is 5.02 Å². The van der Waals surface area contributed by atoms with Crippen molar-refractivity contribution in [3.8, 4) is 5.75 Å². The fourth-order valence-corrected chi connectivity index (χ4v) is 3.83. The standard InChI is InChI=1S/C23H20ClNO5/c24-19-9-5-4-8-17(19)22(27)29-16-11-10-14-12-18(23(28)30-20(14)13-16)21(26)25-15-6-2-1-3-7-15/h4-5,8-13,15H,1-3,6-7H2,(H,25,26). The minimum atomic E-state index is -0.731. The highest BCUT2D eigenvalue weighted by Gasteiger charge is 2.20. The van der Waals surface area contributed by atoms with E-state index < -0.39 is 17.5 Å². The van der Waals surface area contributed by atoms with Crippen molar-refractivity contribution in [2.45, 2.75) is 38.1 Å². The lowest BCUT2D eigenvalue weighted by Gasteiger charge is -2.22. The van der Waals surface area contributed by atoms with Crippen molar-refractivity contribution in [1.82, 2.24) is 5.32 Å². The quantitative estimate of drug-likeness (QED) is 0.371. The number of hydrogen-bond acceptors (Lipinski definition) is 5. The highest BCUT2D eigenvalue weighted by molar-refractivity contribution is 6.33. The molecule has 0 bridgehead atoms. The van der Waals surface area contributed by atoms with E-state index in [1.165, 1.54) is 18.6 Å². The monoisotopic (exact) mass is 425 g/mol. The number of nitrogens with one attached hydrogen (secondary N) is 1. The number of amides is 1. The van der Waals surface area contributed by atoms with Gasteiger partial charge >= 0.3 is 11.6 Å². The maximum Gasteiger partial charge on any atom is 0.349 e. The predicted molar refractivity (Wildman–Crippen MR) is 113 cm³/mol. The Labute approximate surface area is 177 Å². The molecule has 1 N–H and O–H groups in total. The van der Waals surface area contributed by atoms with Gasteiger partial charge in [-0.05, 0) is 43.2 Å². The van der Waals surface area contributed by atoms with Gasteiger partial charge in [0.1, 0.15) is 16.9 Å². The normalized spacial score (nSPS) is 14.4. The van der Waals surface area contributed by atoms with Crippen LogP contribution in [0.1, 0.15) is 52.8 Å². The third-order valence-corrected chi connectivity index (χ3v) is 5.53. The first-order chi connectivity index (χ1) is 14.5. The summed E-state index contributed by atoms with van der Waals surface area (Å²) in [7, 11) is 0. The molecule has 0 atom stereocenters. The van der Waals surface area contributed by atoms with E-state index in [4.69, 9.17) is 20.8 Å². The van der Waals surface area contributed by atoms with Crippen molar-refractivity contribution in [1.29, 1.82) is 0 Å². The van der Waals surface area contributed by atoms with E-state index in [-0.39, 0.29) is 33.5 Å². The molecule has 0 unspecified atom stereocenters. The number of esters is 1. The fraction of sp³-hybridized carbons (Fsp3) is 0.261. The molecule has 1 fully saturated rings. The molecule has 1 amide bonds. The predicted octanol–water partition coefficient (Wildman–Crippen LogP) is 4.73. The van der Waals surface area contributed by atoms with Crippen LogP contribution >= 0.6 is 11.6 Å². The van der Waals surface area contributed by atoms with Gasteiger partial charge in [0.25, 0.3) is 5.91 Å². The highest BCUT2D eigenvalue weighted by Crippen LogP contribution is 2.23. The molecule has 0 spiro atoms. The van der Waals surface area contributed by atoms with Crippen molar-refractivity contribution in [3.63, 3.8) is 0 Å². The molecule has 1 aromatic heterocycles. The zero-order valence-electron chi connectivity index (χ0n) is 16.2. The number of rotatable bonds is 4. The van der Waals surface area contributed by atoms with Crippen LogP contribution in [-0.4, -0.2) is 17.9 Å². The first kappa shape index (κ1) is 20.2. The van der Waals surface area contributed by atoms with E-state index in [0.717, 1.165) is 25.7 Å². The van der Waals surface area contributed by atoms with Crippen molar-refractivity contribution < 1.29 is 18.7 Å². The minimum absolute atomic E-state index is 0.0334. The number of carbonyl (C=O) groups excluding carboxylic acids is 2. The summed E-state index contributed by atoms with van der Waals surface area (Å²) < 4.78 is 10.7. The lowest BCUT2D eigenvalue weighted by Crippen LogP contribution is -2.38. The van der Waals surface area contributed by atoms with E-state index in [1.54, 1.807) is 36.4 Å². The van der Waals surface area contributed by atoms with Gasteiger partial charge in [0.2, 0.25) is 0 Å². The van der Waals surface area contributed by atoms with Crippen LogP contribution in [0.25, 0.3) is 11.0 Å². The van der Waals surface area contributed by atoms with Gasteiger partial charge < -0.3 is 14.5 Å². The second-order valence-corrected chi connectivity index (χ2v) is 7.73. The summed E-state index contributed by atoms with van der Waals surface area (Å²) in [5, 5.41) is 3.76. The molecule has 6 nitrogen and oxygen atoms in total. The Hall–Kier alpha value is -3.12. The Bertz CT molecular complexity index is 1160. The average molecular weight is 426 g/mol. The summed E-state index contributed by atoms with van der Waals surface area (Å²) in [6, 6.07) is 12.8. The van der Waals surface area contributed by atoms with Gasteiger partial charge in [-0.3, -0.25) is 4.79 Å². The molecule has 0 radical (unpaired) electrons. The van der Waals surface area contributed by atoms with E-state index in [0.29, 0.717) is 5.39 Å². The second kappa shape index (κ2) is 8.71. The molecule has 1 aliphatic rings. The lowest BCUT2D eigenvalue weighted by molar-refractivity contribution is 0.0735. The molecule has 1 saturated carbocycles. The van der Waals surface area contributed by atoms with Gasteiger partial charge in [0.15, 0.2) is 0 Å². The molecule has 4 rings (SSSR count). The smallest absolute Gasteiger partial charge is 0.349 e. The summed E-state index contributed by atoms with van der Waals surface area (Å²) >= 11 is 6.02. The SMILES string of the molecule is O=C(Oc1ccc2cc(C(=O)NC3CCCCC3)c(=O)oc2c1)c1ccccc1Cl. The summed E-state index contributed by atoms with van der Waals surface area (Å²) in [5.74, 6) is -0.840. The molecule has 0 aliphatic heterocycles. The summed E-state index contributed by atoms with van der Waals surface area (Å²) in [4.78, 5) is 37.2. The Balaban J connectivity index is 1.55. The van der Waals surface area contributed by atoms with Gasteiger partial charge in [-0.2, -0.15) is 0 Å². The van der Waals surface area contributed by atoms with E-state index in [9.17, 15) is 14.4 Å². The highest BCUT2D eigenvalue weighted by atomic mass is 35.5. The molecule has 0 saturated heterocycles. The Morgan fingerprint density at radius 3 is 2.53 bits per heavy atom. The van der Waals surface area contributed by atoms with Gasteiger partial charge in [0, 0.05) is 17.5 Å². The van der Waals surface area contributed by atoms with Crippen molar-refractivity contribution in [2.24, 2.45) is 0 Å². The molecule has 154 valence electrons. The lowest BCUT2D eigenvalue weighted by atomic mass is 9.95. The molecule has 1 aliphatic carbocycles. The van der Waals surface area contributed by atoms with E-state index in [2.05, 4.69) is 5.32 Å². The number of carbonyl (C=O) groups is 2. The minimum Gasteiger partial charge on any atom is -0.423 e. The van der Waals surface area contributed by atoms with E-state index >= 15 is 0 Å². The number of hydrogen-bond donors (Lipinski definition) is 1. The molecule has 3 aromatic rings. The third-order valence-electron chi connectivity index (χ3n) is 5.20. The van der Waals surface area contributed by atoms with Crippen LogP contribution in [0.4, 0.5) is 0 Å². The number of halogens is 1. The van der Waals surface area contributed by atoms with Gasteiger partial charge in [0.05, 0.1) is 10.6 Å². The van der Waals surface area contributed by atoms with Crippen LogP contribution in [0.15, 0.2) is 57.7 Å². The molecular weight excluding hydrogens is 406 g/mol. The van der Waals surface area contributed by atoms with Crippen LogP contribution in [-0.2, 0) is 0 Å². The van der Waals surface area contributed by atoms with Crippen LogP contribution in [0, 0.1) is 0 Å². The van der Waals surface area contributed by atoms with Crippen molar-refractivity contribution in [2.75, 3.05) is 0 Å². The number of fused-ring (bicyclic) bond motifs is 1. The number of ether oxygens (including phenoxy) is 1. The van der Waals surface area contributed by atoms with E-state index in [1.807, 2.05) is 0 Å². The largest absolute Gasteiger partial charge is 0.423 e.